The summed E-state index contributed by atoms with van der Waals surface area (Å²) in [6.07, 6.45) is -2.06. The van der Waals surface area contributed by atoms with Gasteiger partial charge in [-0.25, -0.2) is 15.0 Å². The van der Waals surface area contributed by atoms with Gasteiger partial charge in [0, 0.05) is 17.7 Å². The summed E-state index contributed by atoms with van der Waals surface area (Å²) >= 11 is 13.8. The van der Waals surface area contributed by atoms with Crippen LogP contribution in [-0.4, -0.2) is 48.9 Å². The number of thioether (sulfide) groups is 1. The zero-order valence-corrected chi connectivity index (χ0v) is 26.3. The van der Waals surface area contributed by atoms with Crippen LogP contribution in [0.5, 0.6) is 11.5 Å². The minimum Gasteiger partial charge on any atom is -0.497 e. The number of nitrogens with one attached hydrogen (secondary N) is 1. The van der Waals surface area contributed by atoms with Crippen LogP contribution in [0.15, 0.2) is 80.7 Å². The molecule has 0 fully saturated rings. The summed E-state index contributed by atoms with van der Waals surface area (Å²) in [4.78, 5) is 24.4. The van der Waals surface area contributed by atoms with Crippen molar-refractivity contribution < 1.29 is 32.2 Å². The van der Waals surface area contributed by atoms with E-state index in [4.69, 9.17) is 38.4 Å². The van der Waals surface area contributed by atoms with Crippen LogP contribution in [0.3, 0.4) is 0 Å². The first kappa shape index (κ1) is 35.2. The van der Waals surface area contributed by atoms with Gasteiger partial charge >= 0.3 is 12.3 Å². The van der Waals surface area contributed by atoms with Gasteiger partial charge in [-0.2, -0.15) is 5.10 Å². The maximum absolute atomic E-state index is 12.3. The molecule has 3 aromatic rings. The Morgan fingerprint density at radius 3 is 2.27 bits per heavy atom. The number of hydrazone groups is 1. The smallest absolute Gasteiger partial charge is 0.497 e. The minimum absolute atomic E-state index is 0.0296. The van der Waals surface area contributed by atoms with Crippen molar-refractivity contribution >= 4 is 75.9 Å². The quantitative estimate of drug-likeness (QED) is 0.0705. The Bertz CT molecular complexity index is 1560. The van der Waals surface area contributed by atoms with Crippen LogP contribution in [0.25, 0.3) is 0 Å². The largest absolute Gasteiger partial charge is 0.573 e. The van der Waals surface area contributed by atoms with Gasteiger partial charge in [-0.15, -0.1) is 13.2 Å². The zero-order chi connectivity index (χ0) is 33.0. The highest BCUT2D eigenvalue weighted by atomic mass is 35.5. The molecule has 0 radical (unpaired) electrons. The number of benzene rings is 3. The van der Waals surface area contributed by atoms with Crippen LogP contribution in [0.4, 0.5) is 24.5 Å². The summed E-state index contributed by atoms with van der Waals surface area (Å²) in [6.45, 7) is 3.45. The standard InChI is InChI=1S/C29H27Cl2F3N6O4S/c1-17(2)27(41)43-16-45-28(39-25-23(30)12-22(42-3)13-24(25)31)40-38-14-18-4-6-19(7-5-18)26(35)37-15-36-20-8-10-21(11-9-20)44-29(32,33)34/h4-15,17H,16H2,1-3H3,(H,39,40)(H2,35,36,37)/b38-14+. The summed E-state index contributed by atoms with van der Waals surface area (Å²) in [5.74, 6) is -0.424. The lowest BCUT2D eigenvalue weighted by Crippen LogP contribution is -2.17. The molecular formula is C29H27Cl2F3N6O4S. The molecule has 45 heavy (non-hydrogen) atoms. The second kappa shape index (κ2) is 16.7. The van der Waals surface area contributed by atoms with Gasteiger partial charge in [0.05, 0.1) is 35.0 Å². The average Bonchev–Trinajstić information content (AvgIpc) is 2.98. The van der Waals surface area contributed by atoms with E-state index in [0.717, 1.165) is 23.9 Å². The van der Waals surface area contributed by atoms with Crippen molar-refractivity contribution in [3.8, 4) is 11.5 Å². The molecule has 0 atom stereocenters. The van der Waals surface area contributed by atoms with Crippen molar-refractivity contribution in [3.05, 3.63) is 81.8 Å². The average molecular weight is 684 g/mol. The monoisotopic (exact) mass is 682 g/mol. The Labute approximate surface area is 271 Å². The van der Waals surface area contributed by atoms with Crippen molar-refractivity contribution in [2.45, 2.75) is 20.2 Å². The fourth-order valence-electron chi connectivity index (χ4n) is 3.14. The topological polar surface area (TPSA) is 132 Å². The van der Waals surface area contributed by atoms with E-state index >= 15 is 0 Å². The SMILES string of the molecule is COc1cc(Cl)c(N=C(N/N=C/c2ccc(C(N)=NC=Nc3ccc(OC(F)(F)F)cc3)cc2)SCOC(=O)C(C)C)c(Cl)c1. The van der Waals surface area contributed by atoms with Crippen LogP contribution in [0.2, 0.25) is 10.0 Å². The van der Waals surface area contributed by atoms with E-state index in [1.165, 1.54) is 31.8 Å². The molecule has 0 aromatic heterocycles. The summed E-state index contributed by atoms with van der Waals surface area (Å²) in [5.41, 5.74) is 10.8. The normalized spacial score (nSPS) is 12.6. The predicted octanol–water partition coefficient (Wildman–Crippen LogP) is 7.47. The molecule has 3 rings (SSSR count). The maximum atomic E-state index is 12.3. The van der Waals surface area contributed by atoms with Crippen LogP contribution in [-0.2, 0) is 9.53 Å². The Morgan fingerprint density at radius 2 is 1.69 bits per heavy atom. The van der Waals surface area contributed by atoms with E-state index in [2.05, 4.69) is 30.2 Å². The lowest BCUT2D eigenvalue weighted by Gasteiger charge is -2.10. The molecule has 16 heteroatoms. The molecule has 0 unspecified atom stereocenters. The fourth-order valence-corrected chi connectivity index (χ4v) is 4.25. The molecular weight excluding hydrogens is 656 g/mol. The van der Waals surface area contributed by atoms with Gasteiger partial charge in [-0.1, -0.05) is 61.3 Å². The van der Waals surface area contributed by atoms with Gasteiger partial charge in [0.1, 0.15) is 35.3 Å². The number of hydrogen-bond donors (Lipinski definition) is 2. The Hall–Kier alpha value is -4.27. The van der Waals surface area contributed by atoms with Crippen molar-refractivity contribution in [2.24, 2.45) is 31.7 Å². The number of carbonyl (C=O) groups excluding carboxylic acids is 1. The number of halogens is 5. The van der Waals surface area contributed by atoms with E-state index in [-0.39, 0.29) is 50.3 Å². The van der Waals surface area contributed by atoms with Gasteiger partial charge in [-0.05, 0) is 41.6 Å². The molecule has 0 saturated heterocycles. The van der Waals surface area contributed by atoms with Crippen LogP contribution >= 0.6 is 35.0 Å². The van der Waals surface area contributed by atoms with E-state index in [1.54, 1.807) is 50.2 Å². The summed E-state index contributed by atoms with van der Waals surface area (Å²) in [5, 5.41) is 4.96. The number of carbonyl (C=O) groups is 1. The summed E-state index contributed by atoms with van der Waals surface area (Å²) < 4.78 is 51.1. The van der Waals surface area contributed by atoms with Crippen LogP contribution in [0.1, 0.15) is 25.0 Å². The van der Waals surface area contributed by atoms with Crippen molar-refractivity contribution in [1.82, 2.24) is 5.43 Å². The van der Waals surface area contributed by atoms with Crippen molar-refractivity contribution in [1.29, 1.82) is 0 Å². The van der Waals surface area contributed by atoms with E-state index < -0.39 is 6.36 Å². The molecule has 0 aliphatic carbocycles. The zero-order valence-electron chi connectivity index (χ0n) is 24.0. The molecule has 0 aliphatic heterocycles. The van der Waals surface area contributed by atoms with Crippen LogP contribution < -0.4 is 20.6 Å². The molecule has 0 saturated carbocycles. The lowest BCUT2D eigenvalue weighted by atomic mass is 10.1. The van der Waals surface area contributed by atoms with E-state index in [0.29, 0.717) is 22.6 Å². The first-order valence-electron chi connectivity index (χ1n) is 12.9. The highest BCUT2D eigenvalue weighted by molar-refractivity contribution is 8.13. The van der Waals surface area contributed by atoms with Gasteiger partial charge in [0.2, 0.25) is 0 Å². The van der Waals surface area contributed by atoms with Gasteiger partial charge in [0.15, 0.2) is 5.17 Å². The fraction of sp³-hybridized carbons (Fsp3) is 0.207. The van der Waals surface area contributed by atoms with Crippen molar-refractivity contribution in [3.63, 3.8) is 0 Å². The number of aliphatic imine (C=N–C) groups is 3. The lowest BCUT2D eigenvalue weighted by molar-refractivity contribution is -0.274. The molecule has 0 heterocycles. The third-order valence-electron chi connectivity index (χ3n) is 5.36. The summed E-state index contributed by atoms with van der Waals surface area (Å²) in [7, 11) is 1.49. The van der Waals surface area contributed by atoms with E-state index in [1.807, 2.05) is 0 Å². The minimum atomic E-state index is -4.77. The molecule has 0 aliphatic rings. The van der Waals surface area contributed by atoms with Gasteiger partial charge in [-0.3, -0.25) is 10.2 Å². The number of methoxy groups -OCH3 is 1. The number of esters is 1. The maximum Gasteiger partial charge on any atom is 0.573 e. The highest BCUT2D eigenvalue weighted by Crippen LogP contribution is 2.37. The number of nitrogens with zero attached hydrogens (tertiary/aromatic N) is 4. The second-order valence-electron chi connectivity index (χ2n) is 9.03. The molecule has 3 N–H and O–H groups in total. The van der Waals surface area contributed by atoms with Crippen LogP contribution in [0, 0.1) is 5.92 Å². The van der Waals surface area contributed by atoms with Crippen molar-refractivity contribution in [2.75, 3.05) is 13.0 Å². The van der Waals surface area contributed by atoms with E-state index in [9.17, 15) is 18.0 Å². The number of alkyl halides is 3. The Balaban J connectivity index is 1.67. The second-order valence-corrected chi connectivity index (χ2v) is 10.8. The van der Waals surface area contributed by atoms with Gasteiger partial charge in [0.25, 0.3) is 0 Å². The third-order valence-corrected chi connectivity index (χ3v) is 6.63. The first-order valence-corrected chi connectivity index (χ1v) is 14.6. The number of hydrogen-bond acceptors (Lipinski definition) is 8. The number of nitrogens with two attached hydrogens (primary N) is 1. The Kier molecular flexibility index (Phi) is 13.1. The predicted molar refractivity (Wildman–Crippen MR) is 173 cm³/mol. The molecule has 0 amide bonds. The molecule has 10 nitrogen and oxygen atoms in total. The number of ether oxygens (including phenoxy) is 3. The molecule has 238 valence electrons. The number of amidine groups is 2. The van der Waals surface area contributed by atoms with Gasteiger partial charge < -0.3 is 19.9 Å². The molecule has 0 bridgehead atoms. The Morgan fingerprint density at radius 1 is 1.04 bits per heavy atom. The summed E-state index contributed by atoms with van der Waals surface area (Å²) in [6, 6.07) is 15.0. The molecule has 0 spiro atoms. The number of rotatable bonds is 11. The molecule has 3 aromatic carbocycles. The third kappa shape index (κ3) is 12.0. The highest BCUT2D eigenvalue weighted by Gasteiger charge is 2.30. The first-order chi connectivity index (χ1) is 21.3.